The quantitative estimate of drug-likeness (QED) is 0.196. The Labute approximate surface area is 243 Å². The molecule has 0 saturated carbocycles. The third kappa shape index (κ3) is 5.42. The molecule has 3 saturated heterocycles. The molecule has 0 aliphatic carbocycles. The normalized spacial score (nSPS) is 28.0. The number of fused-ring (bicyclic) bond motifs is 1. The number of unbranched alkanes of at least 4 members (excludes halogenated alkanes) is 2. The van der Waals surface area contributed by atoms with Crippen LogP contribution in [0.4, 0.5) is 11.4 Å². The summed E-state index contributed by atoms with van der Waals surface area (Å²) in [5.74, 6) is -2.78. The molecule has 1 aromatic carbocycles. The molecule has 41 heavy (non-hydrogen) atoms. The summed E-state index contributed by atoms with van der Waals surface area (Å²) in [6.45, 7) is 15.5. The first-order valence-electron chi connectivity index (χ1n) is 14.9. The van der Waals surface area contributed by atoms with Gasteiger partial charge in [0.15, 0.2) is 0 Å². The predicted molar refractivity (Wildman–Crippen MR) is 159 cm³/mol. The van der Waals surface area contributed by atoms with E-state index >= 15 is 0 Å². The largest absolute Gasteiger partial charge is 0.465 e. The first-order valence-corrected chi connectivity index (χ1v) is 14.9. The highest BCUT2D eigenvalue weighted by atomic mass is 16.6. The molecule has 4 rings (SSSR count). The van der Waals surface area contributed by atoms with Gasteiger partial charge in [0, 0.05) is 37.6 Å². The van der Waals surface area contributed by atoms with Gasteiger partial charge in [-0.2, -0.15) is 0 Å². The van der Waals surface area contributed by atoms with E-state index < -0.39 is 35.0 Å². The molecule has 3 aliphatic heterocycles. The maximum Gasteiger partial charge on any atom is 0.312 e. The summed E-state index contributed by atoms with van der Waals surface area (Å²) in [5.41, 5.74) is -0.350. The summed E-state index contributed by atoms with van der Waals surface area (Å²) in [6.07, 6.45) is 6.87. The lowest BCUT2D eigenvalue weighted by molar-refractivity contribution is -0.159. The number of amides is 2. The van der Waals surface area contributed by atoms with Crippen molar-refractivity contribution in [1.82, 2.24) is 4.90 Å². The van der Waals surface area contributed by atoms with Crippen LogP contribution in [0, 0.1) is 11.8 Å². The number of aliphatic hydroxyl groups is 1. The number of carbonyl (C=O) groups excluding carboxylic acids is 3. The fourth-order valence-corrected chi connectivity index (χ4v) is 7.10. The minimum Gasteiger partial charge on any atom is -0.465 e. The van der Waals surface area contributed by atoms with Crippen molar-refractivity contribution in [3.63, 3.8) is 0 Å². The lowest BCUT2D eigenvalue weighted by atomic mass is 9.66. The molecule has 1 aromatic rings. The number of carbonyl (C=O) groups is 3. The molecule has 2 unspecified atom stereocenters. The van der Waals surface area contributed by atoms with E-state index in [4.69, 9.17) is 9.47 Å². The Morgan fingerprint density at radius 3 is 2.41 bits per heavy atom. The Balaban J connectivity index is 1.66. The molecular weight excluding hydrogens is 522 g/mol. The molecule has 3 heterocycles. The maximum absolute atomic E-state index is 14.5. The van der Waals surface area contributed by atoms with Crippen LogP contribution in [0.25, 0.3) is 0 Å². The van der Waals surface area contributed by atoms with Crippen molar-refractivity contribution >= 4 is 29.2 Å². The number of ether oxygens (including phenoxy) is 2. The van der Waals surface area contributed by atoms with E-state index in [-0.39, 0.29) is 38.1 Å². The number of hydrogen-bond donors (Lipinski definition) is 1. The van der Waals surface area contributed by atoms with Crippen LogP contribution in [0.1, 0.15) is 52.9 Å². The highest BCUT2D eigenvalue weighted by Crippen LogP contribution is 2.63. The maximum atomic E-state index is 14.5. The first kappa shape index (κ1) is 30.8. The Bertz CT molecular complexity index is 1130. The lowest BCUT2D eigenvalue weighted by Crippen LogP contribution is -2.56. The monoisotopic (exact) mass is 567 g/mol. The third-order valence-electron chi connectivity index (χ3n) is 9.02. The van der Waals surface area contributed by atoms with Crippen LogP contribution in [0.5, 0.6) is 0 Å². The van der Waals surface area contributed by atoms with Crippen LogP contribution in [0.15, 0.2) is 49.6 Å². The van der Waals surface area contributed by atoms with Gasteiger partial charge >= 0.3 is 5.97 Å². The van der Waals surface area contributed by atoms with Crippen LogP contribution in [-0.4, -0.2) is 84.4 Å². The molecule has 2 amide bonds. The van der Waals surface area contributed by atoms with Gasteiger partial charge in [0.05, 0.1) is 24.7 Å². The second kappa shape index (κ2) is 12.8. The van der Waals surface area contributed by atoms with Gasteiger partial charge in [0.25, 0.3) is 5.91 Å². The zero-order valence-electron chi connectivity index (χ0n) is 24.7. The third-order valence-corrected chi connectivity index (χ3v) is 9.02. The van der Waals surface area contributed by atoms with Gasteiger partial charge in [-0.25, -0.2) is 0 Å². The molecule has 9 nitrogen and oxygen atoms in total. The smallest absolute Gasteiger partial charge is 0.312 e. The number of allylic oxidation sites excluding steroid dienone is 1. The average Bonchev–Trinajstić information content (AvgIpc) is 3.53. The van der Waals surface area contributed by atoms with Crippen molar-refractivity contribution in [2.45, 2.75) is 70.1 Å². The highest BCUT2D eigenvalue weighted by Gasteiger charge is 2.78. The van der Waals surface area contributed by atoms with Crippen LogP contribution < -0.4 is 9.80 Å². The molecule has 0 aromatic heterocycles. The molecule has 0 radical (unpaired) electrons. The predicted octanol–water partition coefficient (Wildman–Crippen LogP) is 3.71. The summed E-state index contributed by atoms with van der Waals surface area (Å²) >= 11 is 0. The zero-order valence-corrected chi connectivity index (χ0v) is 24.7. The number of hydrogen-bond acceptors (Lipinski definition) is 7. The number of likely N-dealkylation sites (tertiary alicyclic amines) is 1. The van der Waals surface area contributed by atoms with Crippen LogP contribution >= 0.6 is 0 Å². The lowest BCUT2D eigenvalue weighted by Gasteiger charge is -2.36. The van der Waals surface area contributed by atoms with E-state index in [1.807, 2.05) is 37.3 Å². The van der Waals surface area contributed by atoms with Gasteiger partial charge in [-0.05, 0) is 77.1 Å². The molecule has 3 fully saturated rings. The summed E-state index contributed by atoms with van der Waals surface area (Å²) in [4.78, 5) is 47.1. The molecule has 9 heteroatoms. The van der Waals surface area contributed by atoms with Gasteiger partial charge < -0.3 is 29.3 Å². The van der Waals surface area contributed by atoms with Gasteiger partial charge in [-0.3, -0.25) is 14.4 Å². The van der Waals surface area contributed by atoms with Gasteiger partial charge in [0.1, 0.15) is 17.6 Å². The number of nitrogens with zero attached hydrogens (tertiary/aromatic N) is 3. The van der Waals surface area contributed by atoms with E-state index in [2.05, 4.69) is 31.9 Å². The summed E-state index contributed by atoms with van der Waals surface area (Å²) < 4.78 is 12.3. The van der Waals surface area contributed by atoms with Crippen molar-refractivity contribution in [3.8, 4) is 0 Å². The Hall–Kier alpha value is -3.17. The number of esters is 1. The molecule has 224 valence electrons. The molecule has 2 bridgehead atoms. The summed E-state index contributed by atoms with van der Waals surface area (Å²) in [5, 5.41) is 9.90. The number of anilines is 2. The van der Waals surface area contributed by atoms with Crippen LogP contribution in [0.3, 0.4) is 0 Å². The van der Waals surface area contributed by atoms with Crippen molar-refractivity contribution in [1.29, 1.82) is 0 Å². The number of rotatable bonds is 15. The highest BCUT2D eigenvalue weighted by molar-refractivity contribution is 6.05. The number of benzene rings is 1. The minimum absolute atomic E-state index is 0.0281. The summed E-state index contributed by atoms with van der Waals surface area (Å²) in [6, 6.07) is 6.79. The van der Waals surface area contributed by atoms with E-state index in [0.29, 0.717) is 24.9 Å². The zero-order chi connectivity index (χ0) is 29.8. The standard InChI is InChI=1S/C32H45N3O6/c1-6-10-11-12-22-40-30(39)26-25-28(37)35(20-21-36)27(32(25)18-17-31(26,5)41-32)29(38)34(19-7-2)24-15-13-23(14-16-24)33(8-3)9-4/h6-7,13-16,25-27,36H,1-2,8-12,17-22H2,3-5H3/t25-,26+,27?,31-,32?/m0/s1. The molecule has 5 atom stereocenters. The van der Waals surface area contributed by atoms with Gasteiger partial charge in [0.2, 0.25) is 5.91 Å². The average molecular weight is 568 g/mol. The van der Waals surface area contributed by atoms with E-state index in [1.54, 1.807) is 11.0 Å². The Morgan fingerprint density at radius 1 is 1.12 bits per heavy atom. The van der Waals surface area contributed by atoms with Crippen molar-refractivity contribution in [2.75, 3.05) is 49.2 Å². The van der Waals surface area contributed by atoms with Crippen LogP contribution in [0.2, 0.25) is 0 Å². The number of aliphatic hydroxyl groups excluding tert-OH is 1. The Kier molecular flexibility index (Phi) is 9.59. The van der Waals surface area contributed by atoms with E-state index in [1.165, 1.54) is 4.90 Å². The molecule has 1 spiro atoms. The van der Waals surface area contributed by atoms with E-state index in [9.17, 15) is 19.5 Å². The molecule has 3 aliphatic rings. The minimum atomic E-state index is -1.18. The first-order chi connectivity index (χ1) is 19.7. The molecule has 1 N–H and O–H groups in total. The van der Waals surface area contributed by atoms with Crippen molar-refractivity contribution < 1.29 is 29.0 Å². The van der Waals surface area contributed by atoms with E-state index in [0.717, 1.165) is 31.6 Å². The fraction of sp³-hybridized carbons (Fsp3) is 0.594. The SMILES string of the molecule is C=CCCCCOC(=O)[C@H]1[C@H]2C(=O)N(CCO)C(C(=O)N(CC=C)c3ccc(N(CC)CC)cc3)C23CC[C@]1(C)O3. The topological polar surface area (TPSA) is 99.6 Å². The number of β-amino-alcohol motifs (C(OH)–C–C–N with tert-alkyl or cyclic N) is 1. The second-order valence-electron chi connectivity index (χ2n) is 11.4. The Morgan fingerprint density at radius 2 is 1.80 bits per heavy atom. The second-order valence-corrected chi connectivity index (χ2v) is 11.4. The van der Waals surface area contributed by atoms with Crippen LogP contribution in [-0.2, 0) is 23.9 Å². The van der Waals surface area contributed by atoms with Gasteiger partial charge in [-0.1, -0.05) is 12.2 Å². The molecular formula is C32H45N3O6. The fourth-order valence-electron chi connectivity index (χ4n) is 7.10. The summed E-state index contributed by atoms with van der Waals surface area (Å²) in [7, 11) is 0. The van der Waals surface area contributed by atoms with Gasteiger partial charge in [-0.15, -0.1) is 13.2 Å². The van der Waals surface area contributed by atoms with Crippen molar-refractivity contribution in [3.05, 3.63) is 49.6 Å². The van der Waals surface area contributed by atoms with Crippen molar-refractivity contribution in [2.24, 2.45) is 11.8 Å².